The van der Waals surface area contributed by atoms with E-state index in [-0.39, 0.29) is 11.3 Å². The van der Waals surface area contributed by atoms with Gasteiger partial charge in [-0.05, 0) is 29.5 Å². The first-order valence-electron chi connectivity index (χ1n) is 7.37. The quantitative estimate of drug-likeness (QED) is 0.505. The van der Waals surface area contributed by atoms with Gasteiger partial charge in [-0.1, -0.05) is 30.4 Å². The van der Waals surface area contributed by atoms with Crippen molar-refractivity contribution in [3.05, 3.63) is 69.2 Å². The van der Waals surface area contributed by atoms with Gasteiger partial charge in [-0.15, -0.1) is 0 Å². The molecule has 128 valence electrons. The van der Waals surface area contributed by atoms with Crippen molar-refractivity contribution >= 4 is 28.5 Å². The monoisotopic (exact) mass is 358 g/mol. The van der Waals surface area contributed by atoms with E-state index < -0.39 is 21.6 Å². The molecule has 0 bridgehead atoms. The van der Waals surface area contributed by atoms with Gasteiger partial charge in [0.05, 0.1) is 18.4 Å². The second kappa shape index (κ2) is 6.56. The largest absolute Gasteiger partial charge is 0.496 e. The molecule has 1 aromatic rings. The zero-order valence-electron chi connectivity index (χ0n) is 13.2. The Balaban J connectivity index is 2.01. The molecule has 7 nitrogen and oxygen atoms in total. The first-order chi connectivity index (χ1) is 11.9. The molecule has 0 aromatic heterocycles. The molecule has 1 aromatic carbocycles. The normalized spacial score (nSPS) is 24.2. The molecule has 1 aliphatic carbocycles. The molecule has 8 heteroatoms. The number of allylic oxidation sites excluding steroid dienone is 2. The maximum absolute atomic E-state index is 11.8. The van der Waals surface area contributed by atoms with E-state index in [4.69, 9.17) is 4.74 Å². The summed E-state index contributed by atoms with van der Waals surface area (Å²) >= 11 is 0.667. The summed E-state index contributed by atoms with van der Waals surface area (Å²) < 4.78 is 5.33. The Morgan fingerprint density at radius 3 is 2.76 bits per heavy atom. The lowest BCUT2D eigenvalue weighted by atomic mass is 9.83. The first-order valence-corrected chi connectivity index (χ1v) is 8.19. The van der Waals surface area contributed by atoms with Crippen molar-refractivity contribution in [3.8, 4) is 5.75 Å². The van der Waals surface area contributed by atoms with Crippen LogP contribution in [0.3, 0.4) is 0 Å². The SMILES string of the molecule is COc1ccccc1C1=CC=CC(C=C2SC(=O)NC2=O)([N+](=O)[O-])C1. The zero-order chi connectivity index (χ0) is 18.0. The highest BCUT2D eigenvalue weighted by Crippen LogP contribution is 2.39. The van der Waals surface area contributed by atoms with Crippen molar-refractivity contribution in [3.63, 3.8) is 0 Å². The number of ether oxygens (including phenoxy) is 1. The Hall–Kier alpha value is -2.87. The summed E-state index contributed by atoms with van der Waals surface area (Å²) in [6.45, 7) is 0. The molecular formula is C17H14N2O5S. The number of para-hydroxylation sites is 1. The number of hydrogen-bond donors (Lipinski definition) is 1. The number of thioether (sulfide) groups is 1. The summed E-state index contributed by atoms with van der Waals surface area (Å²) in [5.41, 5.74) is -0.142. The minimum absolute atomic E-state index is 0.0348. The molecule has 1 fully saturated rings. The van der Waals surface area contributed by atoms with E-state index in [1.54, 1.807) is 18.2 Å². The lowest BCUT2D eigenvalue weighted by Crippen LogP contribution is -2.36. The number of nitro groups is 1. The summed E-state index contributed by atoms with van der Waals surface area (Å²) in [7, 11) is 1.53. The third kappa shape index (κ3) is 3.20. The van der Waals surface area contributed by atoms with Crippen LogP contribution in [0.15, 0.2) is 53.5 Å². The van der Waals surface area contributed by atoms with E-state index in [2.05, 4.69) is 5.32 Å². The predicted molar refractivity (Wildman–Crippen MR) is 93.7 cm³/mol. The van der Waals surface area contributed by atoms with Crippen molar-refractivity contribution in [2.75, 3.05) is 7.11 Å². The lowest BCUT2D eigenvalue weighted by Gasteiger charge is -2.24. The molecule has 1 N–H and O–H groups in total. The summed E-state index contributed by atoms with van der Waals surface area (Å²) in [6, 6.07) is 7.24. The number of carbonyl (C=O) groups is 2. The Morgan fingerprint density at radius 1 is 1.36 bits per heavy atom. The standard InChI is InChI=1S/C17H14N2O5S/c1-24-13-7-3-2-6-12(13)11-5-4-8-17(9-11,19(22)23)10-14-15(20)18-16(21)25-14/h2-8,10H,9H2,1H3,(H,18,20,21). The molecule has 0 spiro atoms. The average Bonchev–Trinajstić information content (AvgIpc) is 2.92. The molecule has 3 rings (SSSR count). The Bertz CT molecular complexity index is 858. The van der Waals surface area contributed by atoms with Crippen molar-refractivity contribution in [1.82, 2.24) is 5.32 Å². The van der Waals surface area contributed by atoms with Gasteiger partial charge in [-0.2, -0.15) is 0 Å². The number of benzene rings is 1. The van der Waals surface area contributed by atoms with Crippen LogP contribution in [-0.4, -0.2) is 28.7 Å². The Labute approximate surface area is 147 Å². The van der Waals surface area contributed by atoms with Gasteiger partial charge in [-0.3, -0.25) is 25.0 Å². The Morgan fingerprint density at radius 2 is 2.12 bits per heavy atom. The summed E-state index contributed by atoms with van der Waals surface area (Å²) in [6.07, 6.45) is 6.09. The third-order valence-corrected chi connectivity index (χ3v) is 4.78. The van der Waals surface area contributed by atoms with Gasteiger partial charge < -0.3 is 4.74 Å². The fourth-order valence-electron chi connectivity index (χ4n) is 2.77. The highest BCUT2D eigenvalue weighted by Gasteiger charge is 2.43. The second-order valence-electron chi connectivity index (χ2n) is 5.53. The summed E-state index contributed by atoms with van der Waals surface area (Å²) in [5.74, 6) is -0.00451. The van der Waals surface area contributed by atoms with Crippen LogP contribution in [-0.2, 0) is 4.79 Å². The highest BCUT2D eigenvalue weighted by atomic mass is 32.2. The number of nitrogens with zero attached hydrogens (tertiary/aromatic N) is 1. The van der Waals surface area contributed by atoms with Crippen LogP contribution in [0.2, 0.25) is 0 Å². The van der Waals surface area contributed by atoms with Gasteiger partial charge in [0.2, 0.25) is 0 Å². The number of imide groups is 1. The lowest BCUT2D eigenvalue weighted by molar-refractivity contribution is -0.539. The van der Waals surface area contributed by atoms with E-state index in [0.29, 0.717) is 23.1 Å². The Kier molecular flexibility index (Phi) is 4.45. The molecule has 0 radical (unpaired) electrons. The topological polar surface area (TPSA) is 98.5 Å². The molecule has 0 saturated carbocycles. The highest BCUT2D eigenvalue weighted by molar-refractivity contribution is 8.18. The van der Waals surface area contributed by atoms with Gasteiger partial charge in [0.15, 0.2) is 0 Å². The smallest absolute Gasteiger partial charge is 0.290 e. The van der Waals surface area contributed by atoms with Crippen LogP contribution >= 0.6 is 11.8 Å². The number of hydrogen-bond acceptors (Lipinski definition) is 6. The van der Waals surface area contributed by atoms with Crippen molar-refractivity contribution in [1.29, 1.82) is 0 Å². The molecule has 1 atom stereocenters. The molecule has 2 amide bonds. The minimum Gasteiger partial charge on any atom is -0.496 e. The summed E-state index contributed by atoms with van der Waals surface area (Å²) in [5, 5.41) is 13.4. The van der Waals surface area contributed by atoms with Crippen LogP contribution in [0, 0.1) is 10.1 Å². The molecule has 1 aliphatic heterocycles. The minimum atomic E-state index is -1.60. The van der Waals surface area contributed by atoms with Crippen LogP contribution in [0.1, 0.15) is 12.0 Å². The fraction of sp³-hybridized carbons (Fsp3) is 0.176. The van der Waals surface area contributed by atoms with E-state index in [1.165, 1.54) is 19.3 Å². The molecule has 1 heterocycles. The zero-order valence-corrected chi connectivity index (χ0v) is 14.0. The maximum Gasteiger partial charge on any atom is 0.290 e. The molecular weight excluding hydrogens is 344 g/mol. The molecule has 1 saturated heterocycles. The van der Waals surface area contributed by atoms with Crippen molar-refractivity contribution < 1.29 is 19.2 Å². The second-order valence-corrected chi connectivity index (χ2v) is 6.54. The molecule has 2 aliphatic rings. The third-order valence-electron chi connectivity index (χ3n) is 3.97. The van der Waals surface area contributed by atoms with Gasteiger partial charge in [0.1, 0.15) is 5.75 Å². The van der Waals surface area contributed by atoms with E-state index in [0.717, 1.165) is 5.56 Å². The van der Waals surface area contributed by atoms with Gasteiger partial charge in [-0.25, -0.2) is 0 Å². The van der Waals surface area contributed by atoms with E-state index in [1.807, 2.05) is 18.2 Å². The van der Waals surface area contributed by atoms with Crippen LogP contribution in [0.5, 0.6) is 5.75 Å². The number of nitrogens with one attached hydrogen (secondary N) is 1. The van der Waals surface area contributed by atoms with Gasteiger partial charge in [0, 0.05) is 16.6 Å². The van der Waals surface area contributed by atoms with Crippen molar-refractivity contribution in [2.24, 2.45) is 0 Å². The number of rotatable bonds is 4. The van der Waals surface area contributed by atoms with Crippen molar-refractivity contribution in [2.45, 2.75) is 12.0 Å². The van der Waals surface area contributed by atoms with Gasteiger partial charge >= 0.3 is 0 Å². The van der Waals surface area contributed by atoms with Crippen LogP contribution in [0.4, 0.5) is 4.79 Å². The average molecular weight is 358 g/mol. The van der Waals surface area contributed by atoms with Crippen LogP contribution < -0.4 is 10.1 Å². The van der Waals surface area contributed by atoms with E-state index in [9.17, 15) is 19.7 Å². The summed E-state index contributed by atoms with van der Waals surface area (Å²) in [4.78, 5) is 34.5. The number of carbonyl (C=O) groups excluding carboxylic acids is 2. The maximum atomic E-state index is 11.8. The number of amides is 2. The van der Waals surface area contributed by atoms with E-state index >= 15 is 0 Å². The number of methoxy groups -OCH3 is 1. The predicted octanol–water partition coefficient (Wildman–Crippen LogP) is 2.92. The first kappa shape index (κ1) is 17.0. The molecule has 25 heavy (non-hydrogen) atoms. The molecule has 1 unspecified atom stereocenters. The van der Waals surface area contributed by atoms with Gasteiger partial charge in [0.25, 0.3) is 16.7 Å². The van der Waals surface area contributed by atoms with Crippen LogP contribution in [0.25, 0.3) is 5.57 Å². The fourth-order valence-corrected chi connectivity index (χ4v) is 3.52.